The van der Waals surface area contributed by atoms with Crippen LogP contribution in [0.2, 0.25) is 0 Å². The third-order valence-corrected chi connectivity index (χ3v) is 4.69. The number of benzene rings is 1. The van der Waals surface area contributed by atoms with Crippen molar-refractivity contribution in [2.24, 2.45) is 0 Å². The number of β-lactam (4-membered cyclic amide) rings is 1. The fourth-order valence-corrected chi connectivity index (χ4v) is 3.13. The summed E-state index contributed by atoms with van der Waals surface area (Å²) in [6.07, 6.45) is -0.831. The number of carbonyl (C=O) groups excluding carboxylic acids is 3. The molecule has 2 heterocycles. The van der Waals surface area contributed by atoms with Crippen LogP contribution in [0.3, 0.4) is 0 Å². The maximum absolute atomic E-state index is 12.0. The standard InChI is InChI=1S/C16H17N5O7S/c1-10-7-13(18-28-10)19-29(25,26)20-15(23)21-8-12(14(21)22)17-16(24)27-9-11-5-3-2-4-6-11/h2-7,12H,8-9H2,1H3,(H,17,24)(H,18,19)(H,20,23). The molecule has 0 aliphatic carbocycles. The quantitative estimate of drug-likeness (QED) is 0.566. The normalized spacial score (nSPS) is 16.0. The molecule has 0 spiro atoms. The van der Waals surface area contributed by atoms with Gasteiger partial charge in [0.05, 0.1) is 6.54 Å². The SMILES string of the molecule is Cc1cc(NS(=O)(=O)NC(=O)N2CC(NC(=O)OCc3ccccc3)C2=O)no1. The molecule has 1 atom stereocenters. The molecule has 1 fully saturated rings. The van der Waals surface area contributed by atoms with Gasteiger partial charge in [-0.1, -0.05) is 35.5 Å². The number of aryl methyl sites for hydroxylation is 1. The van der Waals surface area contributed by atoms with Crippen LogP contribution < -0.4 is 14.8 Å². The zero-order chi connectivity index (χ0) is 21.0. The number of rotatable bonds is 6. The molecule has 0 saturated carbocycles. The summed E-state index contributed by atoms with van der Waals surface area (Å²) in [6.45, 7) is 1.37. The van der Waals surface area contributed by atoms with Crippen LogP contribution in [0.4, 0.5) is 15.4 Å². The number of nitrogens with zero attached hydrogens (tertiary/aromatic N) is 2. The molecule has 13 heteroatoms. The molecule has 1 aromatic carbocycles. The van der Waals surface area contributed by atoms with E-state index in [0.717, 1.165) is 5.56 Å². The van der Waals surface area contributed by atoms with Gasteiger partial charge in [-0.15, -0.1) is 0 Å². The Morgan fingerprint density at radius 3 is 2.66 bits per heavy atom. The predicted octanol–water partition coefficient (Wildman–Crippen LogP) is 0.487. The first kappa shape index (κ1) is 20.1. The lowest BCUT2D eigenvalue weighted by atomic mass is 10.1. The van der Waals surface area contributed by atoms with Crippen molar-refractivity contribution in [2.75, 3.05) is 11.3 Å². The molecule has 1 aliphatic rings. The predicted molar refractivity (Wildman–Crippen MR) is 97.6 cm³/mol. The van der Waals surface area contributed by atoms with Crippen LogP contribution in [0.15, 0.2) is 40.9 Å². The van der Waals surface area contributed by atoms with E-state index in [2.05, 4.69) is 10.5 Å². The number of ether oxygens (including phenoxy) is 1. The molecule has 1 aliphatic heterocycles. The highest BCUT2D eigenvalue weighted by atomic mass is 32.2. The Labute approximate surface area is 165 Å². The average Bonchev–Trinajstić information content (AvgIpc) is 3.06. The van der Waals surface area contributed by atoms with Gasteiger partial charge in [-0.25, -0.2) is 19.0 Å². The largest absolute Gasteiger partial charge is 0.445 e. The molecule has 4 amide bonds. The lowest BCUT2D eigenvalue weighted by Crippen LogP contribution is -2.67. The van der Waals surface area contributed by atoms with E-state index in [0.29, 0.717) is 10.7 Å². The first-order chi connectivity index (χ1) is 13.7. The number of aromatic nitrogens is 1. The molecule has 0 bridgehead atoms. The van der Waals surface area contributed by atoms with Crippen molar-refractivity contribution >= 4 is 34.1 Å². The number of nitrogens with one attached hydrogen (secondary N) is 3. The molecule has 1 aromatic heterocycles. The Kier molecular flexibility index (Phi) is 5.68. The number of anilines is 1. The molecule has 0 radical (unpaired) electrons. The van der Waals surface area contributed by atoms with Crippen molar-refractivity contribution in [3.63, 3.8) is 0 Å². The molecule has 2 aromatic rings. The van der Waals surface area contributed by atoms with E-state index in [1.807, 2.05) is 10.8 Å². The van der Waals surface area contributed by atoms with Gasteiger partial charge in [-0.05, 0) is 12.5 Å². The van der Waals surface area contributed by atoms with Gasteiger partial charge >= 0.3 is 22.3 Å². The zero-order valence-corrected chi connectivity index (χ0v) is 15.9. The van der Waals surface area contributed by atoms with Gasteiger partial charge in [0.15, 0.2) is 5.82 Å². The average molecular weight is 423 g/mol. The molecule has 29 heavy (non-hydrogen) atoms. The molecule has 12 nitrogen and oxygen atoms in total. The second kappa shape index (κ2) is 8.18. The Morgan fingerprint density at radius 2 is 2.03 bits per heavy atom. The van der Waals surface area contributed by atoms with Crippen molar-refractivity contribution in [1.82, 2.24) is 20.1 Å². The summed E-state index contributed by atoms with van der Waals surface area (Å²) < 4.78 is 37.1. The van der Waals surface area contributed by atoms with E-state index in [9.17, 15) is 22.8 Å². The van der Waals surface area contributed by atoms with Gasteiger partial charge in [0.25, 0.3) is 5.91 Å². The number of imide groups is 1. The van der Waals surface area contributed by atoms with Crippen molar-refractivity contribution in [3.8, 4) is 0 Å². The number of alkyl carbamates (subject to hydrolysis) is 1. The van der Waals surface area contributed by atoms with Crippen molar-refractivity contribution < 1.29 is 32.1 Å². The third-order valence-electron chi connectivity index (χ3n) is 3.77. The van der Waals surface area contributed by atoms with E-state index < -0.39 is 34.3 Å². The number of hydrogen-bond acceptors (Lipinski definition) is 8. The first-order valence-corrected chi connectivity index (χ1v) is 9.78. The molecule has 1 unspecified atom stereocenters. The zero-order valence-electron chi connectivity index (χ0n) is 15.1. The van der Waals surface area contributed by atoms with Crippen LogP contribution >= 0.6 is 0 Å². The van der Waals surface area contributed by atoms with Gasteiger partial charge in [0, 0.05) is 6.07 Å². The molecule has 3 N–H and O–H groups in total. The van der Waals surface area contributed by atoms with E-state index in [1.165, 1.54) is 6.07 Å². The van der Waals surface area contributed by atoms with Crippen LogP contribution in [0, 0.1) is 6.92 Å². The molecular formula is C16H17N5O7S. The maximum atomic E-state index is 12.0. The minimum absolute atomic E-state index is 0.0171. The van der Waals surface area contributed by atoms with Crippen molar-refractivity contribution in [2.45, 2.75) is 19.6 Å². The Balaban J connectivity index is 1.44. The van der Waals surface area contributed by atoms with E-state index in [4.69, 9.17) is 9.26 Å². The van der Waals surface area contributed by atoms with Gasteiger partial charge < -0.3 is 14.6 Å². The lowest BCUT2D eigenvalue weighted by Gasteiger charge is -2.36. The third kappa shape index (κ3) is 5.22. The fraction of sp³-hybridized carbons (Fsp3) is 0.250. The monoisotopic (exact) mass is 423 g/mol. The number of urea groups is 1. The maximum Gasteiger partial charge on any atom is 0.408 e. The summed E-state index contributed by atoms with van der Waals surface area (Å²) in [5.74, 6) is -0.537. The smallest absolute Gasteiger partial charge is 0.408 e. The fourth-order valence-electron chi connectivity index (χ4n) is 2.37. The summed E-state index contributed by atoms with van der Waals surface area (Å²) >= 11 is 0. The van der Waals surface area contributed by atoms with Crippen LogP contribution in [-0.4, -0.2) is 49.1 Å². The summed E-state index contributed by atoms with van der Waals surface area (Å²) in [6, 6.07) is 8.07. The van der Waals surface area contributed by atoms with Gasteiger partial charge in [0.1, 0.15) is 18.4 Å². The number of likely N-dealkylation sites (tertiary alicyclic amines) is 1. The first-order valence-electron chi connectivity index (χ1n) is 8.30. The van der Waals surface area contributed by atoms with E-state index in [1.54, 1.807) is 35.9 Å². The highest BCUT2D eigenvalue weighted by Gasteiger charge is 2.43. The Bertz CT molecular complexity index is 1020. The molecule has 3 rings (SSSR count). The molecular weight excluding hydrogens is 406 g/mol. The number of carbonyl (C=O) groups is 3. The Morgan fingerprint density at radius 1 is 1.31 bits per heavy atom. The van der Waals surface area contributed by atoms with Gasteiger partial charge in [-0.2, -0.15) is 8.42 Å². The summed E-state index contributed by atoms with van der Waals surface area (Å²) in [5, 5.41) is 5.73. The van der Waals surface area contributed by atoms with Gasteiger partial charge in [0.2, 0.25) is 0 Å². The number of hydrogen-bond donors (Lipinski definition) is 3. The second-order valence-corrected chi connectivity index (χ2v) is 7.46. The highest BCUT2D eigenvalue weighted by molar-refractivity contribution is 7.91. The minimum atomic E-state index is -4.32. The van der Waals surface area contributed by atoms with Crippen LogP contribution in [0.5, 0.6) is 0 Å². The second-order valence-electron chi connectivity index (χ2n) is 6.04. The van der Waals surface area contributed by atoms with Crippen molar-refractivity contribution in [3.05, 3.63) is 47.7 Å². The summed E-state index contributed by atoms with van der Waals surface area (Å²) in [4.78, 5) is 36.4. The van der Waals surface area contributed by atoms with Gasteiger partial charge in [-0.3, -0.25) is 9.69 Å². The number of amides is 4. The van der Waals surface area contributed by atoms with E-state index >= 15 is 0 Å². The summed E-state index contributed by atoms with van der Waals surface area (Å²) in [5.41, 5.74) is 0.767. The minimum Gasteiger partial charge on any atom is -0.445 e. The topological polar surface area (TPSA) is 160 Å². The highest BCUT2D eigenvalue weighted by Crippen LogP contribution is 2.13. The van der Waals surface area contributed by atoms with Crippen LogP contribution in [0.25, 0.3) is 0 Å². The van der Waals surface area contributed by atoms with Crippen LogP contribution in [0.1, 0.15) is 11.3 Å². The van der Waals surface area contributed by atoms with Crippen molar-refractivity contribution in [1.29, 1.82) is 0 Å². The Hall–Kier alpha value is -3.61. The summed E-state index contributed by atoms with van der Waals surface area (Å²) in [7, 11) is -4.32. The molecule has 154 valence electrons. The molecule has 1 saturated heterocycles. The lowest BCUT2D eigenvalue weighted by molar-refractivity contribution is -0.139. The van der Waals surface area contributed by atoms with Crippen LogP contribution in [-0.2, 0) is 26.3 Å². The van der Waals surface area contributed by atoms with E-state index in [-0.39, 0.29) is 19.0 Å².